The summed E-state index contributed by atoms with van der Waals surface area (Å²) in [6.07, 6.45) is 0.132. The van der Waals surface area contributed by atoms with Crippen molar-refractivity contribution in [3.63, 3.8) is 0 Å². The largest absolute Gasteiger partial charge is 0.386 e. The van der Waals surface area contributed by atoms with Crippen LogP contribution in [0.4, 0.5) is 0 Å². The first-order valence-electron chi connectivity index (χ1n) is 6.24. The van der Waals surface area contributed by atoms with E-state index in [0.717, 1.165) is 12.0 Å². The van der Waals surface area contributed by atoms with Gasteiger partial charge in [-0.2, -0.15) is 0 Å². The Morgan fingerprint density at radius 2 is 2.17 bits per heavy atom. The van der Waals surface area contributed by atoms with Gasteiger partial charge in [0.1, 0.15) is 12.9 Å². The molecule has 1 aromatic rings. The van der Waals surface area contributed by atoms with Gasteiger partial charge >= 0.3 is 0 Å². The van der Waals surface area contributed by atoms with Crippen LogP contribution in [-0.4, -0.2) is 38.3 Å². The predicted octanol–water partition coefficient (Wildman–Crippen LogP) is 1.75. The second-order valence-electron chi connectivity index (χ2n) is 4.52. The molecule has 0 aromatic heterocycles. The molecule has 0 radical (unpaired) electrons. The summed E-state index contributed by atoms with van der Waals surface area (Å²) in [7, 11) is 1.60. The molecule has 0 aliphatic carbocycles. The summed E-state index contributed by atoms with van der Waals surface area (Å²) in [5, 5.41) is 10.3. The fourth-order valence-electron chi connectivity index (χ4n) is 2.31. The molecule has 0 spiro atoms. The van der Waals surface area contributed by atoms with Gasteiger partial charge in [-0.25, -0.2) is 0 Å². The highest BCUT2D eigenvalue weighted by Gasteiger charge is 2.34. The maximum atomic E-state index is 10.3. The lowest BCUT2D eigenvalue weighted by molar-refractivity contribution is -0.0729. The number of rotatable bonds is 6. The van der Waals surface area contributed by atoms with E-state index in [1.54, 1.807) is 7.11 Å². The van der Waals surface area contributed by atoms with Crippen molar-refractivity contribution in [3.8, 4) is 0 Å². The highest BCUT2D eigenvalue weighted by molar-refractivity contribution is 5.19. The van der Waals surface area contributed by atoms with Crippen molar-refractivity contribution in [3.05, 3.63) is 35.9 Å². The molecule has 3 atom stereocenters. The van der Waals surface area contributed by atoms with E-state index in [4.69, 9.17) is 14.2 Å². The molecule has 1 aromatic carbocycles. The Labute approximate surface area is 107 Å². The van der Waals surface area contributed by atoms with Gasteiger partial charge in [-0.3, -0.25) is 0 Å². The number of ether oxygens (including phenoxy) is 3. The van der Waals surface area contributed by atoms with E-state index in [2.05, 4.69) is 0 Å². The standard InChI is InChI=1S/C14H20O4/c1-16-10-17-9-12-7-8-18-14(12)13(15)11-5-3-2-4-6-11/h2-6,12-15H,7-10H2,1H3/t12-,13?,14-/m0/s1. The molecule has 0 amide bonds. The molecule has 0 bridgehead atoms. The van der Waals surface area contributed by atoms with Crippen LogP contribution in [0.3, 0.4) is 0 Å². The number of aliphatic hydroxyl groups is 1. The number of hydrogen-bond acceptors (Lipinski definition) is 4. The average Bonchev–Trinajstić information content (AvgIpc) is 2.88. The highest BCUT2D eigenvalue weighted by Crippen LogP contribution is 2.31. The van der Waals surface area contributed by atoms with Crippen LogP contribution in [-0.2, 0) is 14.2 Å². The van der Waals surface area contributed by atoms with Crippen molar-refractivity contribution in [1.29, 1.82) is 0 Å². The van der Waals surface area contributed by atoms with Crippen molar-refractivity contribution in [2.24, 2.45) is 5.92 Å². The van der Waals surface area contributed by atoms with Crippen LogP contribution in [0.5, 0.6) is 0 Å². The zero-order valence-corrected chi connectivity index (χ0v) is 10.6. The molecule has 0 saturated carbocycles. The van der Waals surface area contributed by atoms with Gasteiger partial charge in [-0.15, -0.1) is 0 Å². The quantitative estimate of drug-likeness (QED) is 0.619. The molecule has 1 unspecified atom stereocenters. The maximum Gasteiger partial charge on any atom is 0.146 e. The van der Waals surface area contributed by atoms with Gasteiger partial charge in [-0.05, 0) is 12.0 Å². The normalized spacial score (nSPS) is 25.2. The van der Waals surface area contributed by atoms with E-state index in [1.165, 1.54) is 0 Å². The lowest BCUT2D eigenvalue weighted by Gasteiger charge is -2.24. The highest BCUT2D eigenvalue weighted by atomic mass is 16.7. The van der Waals surface area contributed by atoms with E-state index in [1.807, 2.05) is 30.3 Å². The molecule has 1 heterocycles. The molecule has 1 fully saturated rings. The molecule has 2 rings (SSSR count). The number of hydrogen-bond donors (Lipinski definition) is 1. The Balaban J connectivity index is 1.94. The maximum absolute atomic E-state index is 10.3. The predicted molar refractivity (Wildman–Crippen MR) is 67.1 cm³/mol. The van der Waals surface area contributed by atoms with Crippen LogP contribution in [0, 0.1) is 5.92 Å². The van der Waals surface area contributed by atoms with E-state index in [-0.39, 0.29) is 18.8 Å². The van der Waals surface area contributed by atoms with Crippen LogP contribution in [0.25, 0.3) is 0 Å². The average molecular weight is 252 g/mol. The molecular formula is C14H20O4. The first-order valence-corrected chi connectivity index (χ1v) is 6.24. The van der Waals surface area contributed by atoms with Crippen LogP contribution in [0.1, 0.15) is 18.1 Å². The van der Waals surface area contributed by atoms with Crippen molar-refractivity contribution in [2.75, 3.05) is 27.1 Å². The Morgan fingerprint density at radius 3 is 2.89 bits per heavy atom. The second kappa shape index (κ2) is 6.85. The molecule has 18 heavy (non-hydrogen) atoms. The summed E-state index contributed by atoms with van der Waals surface area (Å²) in [5.41, 5.74) is 0.890. The van der Waals surface area contributed by atoms with Gasteiger partial charge in [0, 0.05) is 19.6 Å². The summed E-state index contributed by atoms with van der Waals surface area (Å²) in [4.78, 5) is 0. The molecule has 1 N–H and O–H groups in total. The van der Waals surface area contributed by atoms with Crippen LogP contribution < -0.4 is 0 Å². The minimum atomic E-state index is -0.593. The van der Waals surface area contributed by atoms with Gasteiger partial charge in [0.2, 0.25) is 0 Å². The van der Waals surface area contributed by atoms with Gasteiger partial charge < -0.3 is 19.3 Å². The fraction of sp³-hybridized carbons (Fsp3) is 0.571. The monoisotopic (exact) mass is 252 g/mol. The third-order valence-electron chi connectivity index (χ3n) is 3.25. The lowest BCUT2D eigenvalue weighted by atomic mass is 9.94. The first kappa shape index (κ1) is 13.5. The Hall–Kier alpha value is -0.940. The molecule has 1 aliphatic rings. The van der Waals surface area contributed by atoms with Crippen molar-refractivity contribution < 1.29 is 19.3 Å². The lowest BCUT2D eigenvalue weighted by Crippen LogP contribution is -2.28. The van der Waals surface area contributed by atoms with E-state index in [9.17, 15) is 5.11 Å². The number of aliphatic hydroxyl groups excluding tert-OH is 1. The minimum Gasteiger partial charge on any atom is -0.386 e. The Kier molecular flexibility index (Phi) is 5.13. The molecule has 1 saturated heterocycles. The summed E-state index contributed by atoms with van der Waals surface area (Å²) in [6, 6.07) is 9.61. The number of methoxy groups -OCH3 is 1. The minimum absolute atomic E-state index is 0.191. The fourth-order valence-corrected chi connectivity index (χ4v) is 2.31. The SMILES string of the molecule is COCOC[C@@H]1CCO[C@@H]1C(O)c1ccccc1. The third-order valence-corrected chi connectivity index (χ3v) is 3.25. The van der Waals surface area contributed by atoms with Crippen molar-refractivity contribution in [1.82, 2.24) is 0 Å². The summed E-state index contributed by atoms with van der Waals surface area (Å²) in [5.74, 6) is 0.218. The number of benzene rings is 1. The molecule has 1 aliphatic heterocycles. The summed E-state index contributed by atoms with van der Waals surface area (Å²) >= 11 is 0. The smallest absolute Gasteiger partial charge is 0.146 e. The second-order valence-corrected chi connectivity index (χ2v) is 4.52. The van der Waals surface area contributed by atoms with Crippen LogP contribution >= 0.6 is 0 Å². The molecule has 4 heteroatoms. The van der Waals surface area contributed by atoms with Gasteiger partial charge in [0.05, 0.1) is 12.7 Å². The third kappa shape index (κ3) is 3.29. The summed E-state index contributed by atoms with van der Waals surface area (Å²) < 4.78 is 15.9. The van der Waals surface area contributed by atoms with E-state index >= 15 is 0 Å². The van der Waals surface area contributed by atoms with Crippen LogP contribution in [0.2, 0.25) is 0 Å². The molecule has 100 valence electrons. The van der Waals surface area contributed by atoms with Crippen molar-refractivity contribution in [2.45, 2.75) is 18.6 Å². The zero-order valence-electron chi connectivity index (χ0n) is 10.6. The Morgan fingerprint density at radius 1 is 1.39 bits per heavy atom. The molecular weight excluding hydrogens is 232 g/mol. The van der Waals surface area contributed by atoms with E-state index < -0.39 is 6.10 Å². The van der Waals surface area contributed by atoms with Crippen molar-refractivity contribution >= 4 is 0 Å². The Bertz CT molecular complexity index is 341. The topological polar surface area (TPSA) is 47.9 Å². The zero-order chi connectivity index (χ0) is 12.8. The van der Waals surface area contributed by atoms with Gasteiger partial charge in [0.25, 0.3) is 0 Å². The first-order chi connectivity index (χ1) is 8.83. The van der Waals surface area contributed by atoms with E-state index in [0.29, 0.717) is 13.2 Å². The summed E-state index contributed by atoms with van der Waals surface area (Å²) in [6.45, 7) is 1.52. The van der Waals surface area contributed by atoms with Gasteiger partial charge in [0.15, 0.2) is 0 Å². The van der Waals surface area contributed by atoms with Crippen LogP contribution in [0.15, 0.2) is 30.3 Å². The van der Waals surface area contributed by atoms with Gasteiger partial charge in [-0.1, -0.05) is 30.3 Å². The molecule has 4 nitrogen and oxygen atoms in total.